The first kappa shape index (κ1) is 23.5. The molecule has 0 aromatic rings. The minimum Gasteiger partial charge on any atom is -0.373 e. The number of piperidine rings is 2. The largest absolute Gasteiger partial charge is 0.373 e. The zero-order chi connectivity index (χ0) is 22.8. The van der Waals surface area contributed by atoms with Crippen molar-refractivity contribution in [1.29, 1.82) is 0 Å². The maximum atomic E-state index is 6.14. The molecule has 0 bridgehead atoms. The maximum Gasteiger partial charge on any atom is 0.0880 e. The van der Waals surface area contributed by atoms with E-state index in [1.165, 1.54) is 84.5 Å². The van der Waals surface area contributed by atoms with Gasteiger partial charge in [-0.2, -0.15) is 0 Å². The lowest BCUT2D eigenvalue weighted by Crippen LogP contribution is -2.70. The molecule has 5 heteroatoms. The third kappa shape index (κ3) is 4.54. The minimum atomic E-state index is 0.324. The van der Waals surface area contributed by atoms with Crippen LogP contribution in [0.5, 0.6) is 0 Å². The quantitative estimate of drug-likeness (QED) is 0.660. The molecule has 5 saturated heterocycles. The van der Waals surface area contributed by atoms with Crippen LogP contribution in [0.2, 0.25) is 0 Å². The Morgan fingerprint density at radius 2 is 1.19 bits per heavy atom. The van der Waals surface area contributed by atoms with Crippen LogP contribution in [-0.4, -0.2) is 108 Å². The molecule has 5 aliphatic rings. The molecule has 0 radical (unpaired) electrons. The molecular formula is C27H50N4O. The maximum absolute atomic E-state index is 6.14. The molecule has 0 aliphatic carbocycles. The summed E-state index contributed by atoms with van der Waals surface area (Å²) in [5.41, 5.74) is 1.85. The van der Waals surface area contributed by atoms with E-state index in [9.17, 15) is 0 Å². The van der Waals surface area contributed by atoms with Crippen LogP contribution in [0.25, 0.3) is 0 Å². The van der Waals surface area contributed by atoms with Gasteiger partial charge >= 0.3 is 0 Å². The molecule has 5 nitrogen and oxygen atoms in total. The second kappa shape index (κ2) is 8.19. The number of hydrogen-bond acceptors (Lipinski definition) is 5. The average Bonchev–Trinajstić information content (AvgIpc) is 3.05. The van der Waals surface area contributed by atoms with Crippen LogP contribution < -0.4 is 0 Å². The van der Waals surface area contributed by atoms with Crippen molar-refractivity contribution in [3.63, 3.8) is 0 Å². The Hall–Kier alpha value is -0.200. The Morgan fingerprint density at radius 1 is 0.688 bits per heavy atom. The highest BCUT2D eigenvalue weighted by molar-refractivity contribution is 5.05. The SMILES string of the molecule is CC(C)(C)N1CCC2(CCN(CC3OCC3N3CC4(CCN(C(C)(C)C)CC4)C3)C2)CC1. The summed E-state index contributed by atoms with van der Waals surface area (Å²) in [4.78, 5) is 10.9. The summed E-state index contributed by atoms with van der Waals surface area (Å²) < 4.78 is 6.14. The first-order valence-electron chi connectivity index (χ1n) is 13.6. The van der Waals surface area contributed by atoms with Crippen molar-refractivity contribution >= 4 is 0 Å². The van der Waals surface area contributed by atoms with E-state index in [4.69, 9.17) is 4.74 Å². The van der Waals surface area contributed by atoms with Crippen molar-refractivity contribution in [2.75, 3.05) is 65.5 Å². The Morgan fingerprint density at radius 3 is 1.66 bits per heavy atom. The molecule has 2 spiro atoms. The van der Waals surface area contributed by atoms with Crippen LogP contribution in [0, 0.1) is 10.8 Å². The normalized spacial score (nSPS) is 34.7. The molecule has 0 saturated carbocycles. The first-order chi connectivity index (χ1) is 15.0. The van der Waals surface area contributed by atoms with E-state index < -0.39 is 0 Å². The van der Waals surface area contributed by atoms with E-state index in [1.54, 1.807) is 0 Å². The van der Waals surface area contributed by atoms with Gasteiger partial charge in [0.2, 0.25) is 0 Å². The first-order valence-corrected chi connectivity index (χ1v) is 13.6. The highest BCUT2D eigenvalue weighted by Crippen LogP contribution is 2.45. The van der Waals surface area contributed by atoms with Crippen molar-refractivity contribution in [3.05, 3.63) is 0 Å². The molecular weight excluding hydrogens is 396 g/mol. The zero-order valence-corrected chi connectivity index (χ0v) is 22.0. The van der Waals surface area contributed by atoms with Crippen molar-refractivity contribution in [2.24, 2.45) is 10.8 Å². The van der Waals surface area contributed by atoms with Crippen LogP contribution in [0.3, 0.4) is 0 Å². The number of rotatable bonds is 3. The van der Waals surface area contributed by atoms with Gasteiger partial charge in [-0.05, 0) is 117 Å². The fraction of sp³-hybridized carbons (Fsp3) is 1.00. The van der Waals surface area contributed by atoms with E-state index >= 15 is 0 Å². The van der Waals surface area contributed by atoms with Gasteiger partial charge in [-0.3, -0.25) is 14.7 Å². The van der Waals surface area contributed by atoms with Crippen molar-refractivity contribution < 1.29 is 4.74 Å². The standard InChI is InChI=1S/C27H50N4O/c1-24(2,3)30-13-8-26(9-14-30)7-12-28(19-26)17-23-22(18-32-23)29-20-27(21-29)10-15-31(16-11-27)25(4,5)6/h22-23H,7-21H2,1-6H3. The number of nitrogens with zero attached hydrogens (tertiary/aromatic N) is 4. The Bertz CT molecular complexity index is 656. The molecule has 2 unspecified atom stereocenters. The van der Waals surface area contributed by atoms with Crippen LogP contribution in [0.1, 0.15) is 73.6 Å². The van der Waals surface area contributed by atoms with E-state index in [1.807, 2.05) is 0 Å². The van der Waals surface area contributed by atoms with Gasteiger partial charge in [-0.1, -0.05) is 0 Å². The van der Waals surface area contributed by atoms with Gasteiger partial charge in [-0.25, -0.2) is 0 Å². The lowest BCUT2D eigenvalue weighted by Gasteiger charge is -2.60. The lowest BCUT2D eigenvalue weighted by atomic mass is 9.70. The van der Waals surface area contributed by atoms with Crippen molar-refractivity contribution in [2.45, 2.75) is 96.9 Å². The summed E-state index contributed by atoms with van der Waals surface area (Å²) in [6.45, 7) is 26.7. The summed E-state index contributed by atoms with van der Waals surface area (Å²) in [5.74, 6) is 0. The highest BCUT2D eigenvalue weighted by Gasteiger charge is 2.52. The summed E-state index contributed by atoms with van der Waals surface area (Å²) in [5, 5.41) is 0. The van der Waals surface area contributed by atoms with E-state index in [0.717, 1.165) is 13.2 Å². The van der Waals surface area contributed by atoms with Gasteiger partial charge in [0.1, 0.15) is 0 Å². The predicted octanol–water partition coefficient (Wildman–Crippen LogP) is 3.54. The molecule has 2 atom stereocenters. The van der Waals surface area contributed by atoms with Gasteiger partial charge in [-0.15, -0.1) is 0 Å². The van der Waals surface area contributed by atoms with Crippen LogP contribution in [-0.2, 0) is 4.74 Å². The fourth-order valence-electron chi connectivity index (χ4n) is 7.35. The molecule has 0 amide bonds. The van der Waals surface area contributed by atoms with E-state index in [2.05, 4.69) is 61.1 Å². The smallest absolute Gasteiger partial charge is 0.0880 e. The third-order valence-electron chi connectivity index (χ3n) is 9.96. The molecule has 0 aromatic carbocycles. The molecule has 5 rings (SSSR count). The molecule has 0 aromatic heterocycles. The summed E-state index contributed by atoms with van der Waals surface area (Å²) >= 11 is 0. The van der Waals surface area contributed by atoms with Crippen LogP contribution >= 0.6 is 0 Å². The Labute approximate surface area is 197 Å². The molecule has 5 fully saturated rings. The summed E-state index contributed by atoms with van der Waals surface area (Å²) in [6.07, 6.45) is 7.40. The van der Waals surface area contributed by atoms with Gasteiger partial charge in [0.05, 0.1) is 18.8 Å². The summed E-state index contributed by atoms with van der Waals surface area (Å²) in [7, 11) is 0. The average molecular weight is 447 g/mol. The number of ether oxygens (including phenoxy) is 1. The van der Waals surface area contributed by atoms with E-state index in [0.29, 0.717) is 34.1 Å². The monoisotopic (exact) mass is 446 g/mol. The molecule has 0 N–H and O–H groups in total. The fourth-order valence-corrected chi connectivity index (χ4v) is 7.35. The lowest BCUT2D eigenvalue weighted by molar-refractivity contribution is -0.192. The molecule has 5 aliphatic heterocycles. The predicted molar refractivity (Wildman–Crippen MR) is 132 cm³/mol. The van der Waals surface area contributed by atoms with Crippen LogP contribution in [0.15, 0.2) is 0 Å². The Balaban J connectivity index is 1.06. The number of hydrogen-bond donors (Lipinski definition) is 0. The van der Waals surface area contributed by atoms with Gasteiger partial charge in [0.25, 0.3) is 0 Å². The van der Waals surface area contributed by atoms with Gasteiger partial charge in [0.15, 0.2) is 0 Å². The Kier molecular flexibility index (Phi) is 6.02. The minimum absolute atomic E-state index is 0.324. The molecule has 184 valence electrons. The van der Waals surface area contributed by atoms with Crippen molar-refractivity contribution in [3.8, 4) is 0 Å². The second-order valence-corrected chi connectivity index (χ2v) is 14.1. The molecule has 5 heterocycles. The number of likely N-dealkylation sites (tertiary alicyclic amines) is 4. The topological polar surface area (TPSA) is 22.2 Å². The zero-order valence-electron chi connectivity index (χ0n) is 22.0. The molecule has 32 heavy (non-hydrogen) atoms. The highest BCUT2D eigenvalue weighted by atomic mass is 16.5. The van der Waals surface area contributed by atoms with Crippen molar-refractivity contribution in [1.82, 2.24) is 19.6 Å². The van der Waals surface area contributed by atoms with Gasteiger partial charge < -0.3 is 9.64 Å². The van der Waals surface area contributed by atoms with Crippen LogP contribution in [0.4, 0.5) is 0 Å². The third-order valence-corrected chi connectivity index (χ3v) is 9.96. The van der Waals surface area contributed by atoms with E-state index in [-0.39, 0.29) is 0 Å². The second-order valence-electron chi connectivity index (χ2n) is 14.1. The van der Waals surface area contributed by atoms with Gasteiger partial charge in [0, 0.05) is 37.3 Å². The summed E-state index contributed by atoms with van der Waals surface area (Å²) in [6, 6.07) is 0.681.